The van der Waals surface area contributed by atoms with Crippen molar-refractivity contribution in [1.82, 2.24) is 9.97 Å². The first-order chi connectivity index (χ1) is 23.2. The number of aromatic nitrogens is 2. The third kappa shape index (κ3) is 3.41. The van der Waals surface area contributed by atoms with Crippen LogP contribution in [0.3, 0.4) is 0 Å². The van der Waals surface area contributed by atoms with E-state index in [-0.39, 0.29) is 6.04 Å². The van der Waals surface area contributed by atoms with Crippen molar-refractivity contribution in [1.29, 1.82) is 0 Å². The van der Waals surface area contributed by atoms with Crippen LogP contribution < -0.4 is 5.46 Å². The van der Waals surface area contributed by atoms with Crippen LogP contribution in [-0.4, -0.2) is 40.5 Å². The highest BCUT2D eigenvalue weighted by Crippen LogP contribution is 2.61. The Morgan fingerprint density at radius 3 is 2.23 bits per heavy atom. The summed E-state index contributed by atoms with van der Waals surface area (Å²) in [5, 5.41) is 6.14. The molecule has 1 unspecified atom stereocenters. The van der Waals surface area contributed by atoms with Gasteiger partial charge in [-0.25, -0.2) is 4.98 Å². The van der Waals surface area contributed by atoms with Gasteiger partial charge in [0.15, 0.2) is 0 Å². The van der Waals surface area contributed by atoms with Crippen molar-refractivity contribution in [2.45, 2.75) is 57.3 Å². The van der Waals surface area contributed by atoms with Crippen molar-refractivity contribution in [3.63, 3.8) is 0 Å². The fourth-order valence-electron chi connectivity index (χ4n) is 8.69. The van der Waals surface area contributed by atoms with Crippen LogP contribution in [0.15, 0.2) is 114 Å². The first-order valence-corrected chi connectivity index (χ1v) is 16.9. The van der Waals surface area contributed by atoms with Crippen LogP contribution in [0.5, 0.6) is 0 Å². The molecule has 4 heterocycles. The van der Waals surface area contributed by atoms with E-state index in [0.29, 0.717) is 0 Å². The molecule has 0 radical (unpaired) electrons. The number of hydrogen-bond acceptors (Lipinski definition) is 5. The molecule has 0 N–H and O–H groups in total. The quantitative estimate of drug-likeness (QED) is 0.144. The van der Waals surface area contributed by atoms with Gasteiger partial charge in [0.1, 0.15) is 0 Å². The molecular weight excluding hydrogens is 589 g/mol. The van der Waals surface area contributed by atoms with Crippen molar-refractivity contribution in [2.75, 3.05) is 0 Å². The number of hydrogen-bond donors (Lipinski definition) is 0. The van der Waals surface area contributed by atoms with Crippen molar-refractivity contribution >= 4 is 56.8 Å². The topological polar surface area (TPSA) is 56.6 Å². The lowest BCUT2D eigenvalue weighted by Gasteiger charge is -2.39. The summed E-state index contributed by atoms with van der Waals surface area (Å²) in [5.41, 5.74) is 9.99. The third-order valence-electron chi connectivity index (χ3n) is 11.6. The van der Waals surface area contributed by atoms with Crippen LogP contribution in [0.4, 0.5) is 0 Å². The molecule has 1 saturated heterocycles. The first kappa shape index (κ1) is 28.1. The van der Waals surface area contributed by atoms with E-state index in [2.05, 4.69) is 132 Å². The summed E-state index contributed by atoms with van der Waals surface area (Å²) < 4.78 is 12.7. The van der Waals surface area contributed by atoms with Crippen LogP contribution in [0, 0.1) is 0 Å². The van der Waals surface area contributed by atoms with Gasteiger partial charge in [-0.3, -0.25) is 9.98 Å². The summed E-state index contributed by atoms with van der Waals surface area (Å²) in [6.07, 6.45) is 8.22. The molecule has 10 rings (SSSR count). The predicted molar refractivity (Wildman–Crippen MR) is 196 cm³/mol. The molecule has 48 heavy (non-hydrogen) atoms. The van der Waals surface area contributed by atoms with E-state index in [1.54, 1.807) is 0 Å². The maximum atomic E-state index is 6.36. The largest absolute Gasteiger partial charge is 0.494 e. The number of fused-ring (bicyclic) bond motifs is 6. The highest BCUT2D eigenvalue weighted by molar-refractivity contribution is 6.62. The number of benzene rings is 4. The average molecular weight is 624 g/mol. The first-order valence-electron chi connectivity index (χ1n) is 16.9. The van der Waals surface area contributed by atoms with Gasteiger partial charge in [0, 0.05) is 39.7 Å². The number of rotatable bonds is 2. The Labute approximate surface area is 280 Å². The number of allylic oxidation sites excluding steroid dienone is 3. The zero-order valence-electron chi connectivity index (χ0n) is 27.7. The van der Waals surface area contributed by atoms with Gasteiger partial charge < -0.3 is 9.31 Å². The third-order valence-corrected chi connectivity index (χ3v) is 11.6. The van der Waals surface area contributed by atoms with E-state index in [1.165, 1.54) is 49.4 Å². The molecule has 232 valence electrons. The Balaban J connectivity index is 1.25. The molecule has 2 atom stereocenters. The van der Waals surface area contributed by atoms with Gasteiger partial charge in [0.2, 0.25) is 0 Å². The van der Waals surface area contributed by atoms with E-state index in [1.807, 2.05) is 12.4 Å². The maximum absolute atomic E-state index is 6.36. The van der Waals surface area contributed by atoms with E-state index < -0.39 is 23.7 Å². The standard InChI is InChI=1S/C42H34BN3O2/c1-24-34-29(13-8-22-44-24)42(32-14-9-23-45-39(32)34)30-11-6-10-25-18-21-28-36(35(25)30)37-31(42)12-7-15-33(37)46-38(28)26-16-19-27(20-17-26)43-47-40(2,3)41(4,5)48-43/h6-24H,1-5H3/t24-,42?/m1/s1. The Morgan fingerprint density at radius 2 is 1.44 bits per heavy atom. The lowest BCUT2D eigenvalue weighted by Crippen LogP contribution is -2.41. The summed E-state index contributed by atoms with van der Waals surface area (Å²) in [4.78, 5) is 15.4. The van der Waals surface area contributed by atoms with Crippen molar-refractivity contribution < 1.29 is 9.31 Å². The summed E-state index contributed by atoms with van der Waals surface area (Å²) in [6.45, 7) is 10.5. The van der Waals surface area contributed by atoms with Crippen LogP contribution in [0.2, 0.25) is 0 Å². The van der Waals surface area contributed by atoms with Crippen LogP contribution >= 0.6 is 0 Å². The molecule has 0 amide bonds. The highest BCUT2D eigenvalue weighted by atomic mass is 16.7. The molecule has 1 fully saturated rings. The van der Waals surface area contributed by atoms with E-state index >= 15 is 0 Å². The highest BCUT2D eigenvalue weighted by Gasteiger charge is 2.53. The average Bonchev–Trinajstić information content (AvgIpc) is 3.40. The summed E-state index contributed by atoms with van der Waals surface area (Å²) >= 11 is 0. The molecule has 4 aliphatic rings. The Bertz CT molecular complexity index is 2450. The van der Waals surface area contributed by atoms with Crippen molar-refractivity contribution in [3.8, 4) is 11.3 Å². The number of aliphatic imine (C=N–C) groups is 1. The molecule has 2 aliphatic heterocycles. The molecule has 5 nitrogen and oxygen atoms in total. The van der Waals surface area contributed by atoms with Gasteiger partial charge in [-0.1, -0.05) is 78.9 Å². The van der Waals surface area contributed by atoms with Gasteiger partial charge in [-0.05, 0) is 91.3 Å². The predicted octanol–water partition coefficient (Wildman–Crippen LogP) is 8.35. The van der Waals surface area contributed by atoms with Gasteiger partial charge >= 0.3 is 7.12 Å². The molecule has 0 saturated carbocycles. The molecule has 4 aromatic carbocycles. The van der Waals surface area contributed by atoms with Crippen LogP contribution in [0.25, 0.3) is 49.3 Å². The minimum atomic E-state index is -0.536. The lowest BCUT2D eigenvalue weighted by atomic mass is 9.62. The Hall–Kier alpha value is -4.91. The minimum absolute atomic E-state index is 0.0146. The lowest BCUT2D eigenvalue weighted by molar-refractivity contribution is 0.00578. The van der Waals surface area contributed by atoms with E-state index in [0.717, 1.165) is 33.3 Å². The second kappa shape index (κ2) is 9.37. The monoisotopic (exact) mass is 623 g/mol. The normalized spacial score (nSPS) is 22.9. The molecular formula is C42H34BN3O2. The van der Waals surface area contributed by atoms with Crippen molar-refractivity contribution in [2.24, 2.45) is 4.99 Å². The van der Waals surface area contributed by atoms with Gasteiger partial charge in [-0.2, -0.15) is 0 Å². The maximum Gasteiger partial charge on any atom is 0.494 e. The van der Waals surface area contributed by atoms with Gasteiger partial charge in [0.05, 0.1) is 39.6 Å². The van der Waals surface area contributed by atoms with E-state index in [4.69, 9.17) is 24.3 Å². The summed E-state index contributed by atoms with van der Waals surface area (Å²) in [6, 6.07) is 30.9. The minimum Gasteiger partial charge on any atom is -0.399 e. The molecule has 6 heteroatoms. The Kier molecular flexibility index (Phi) is 5.49. The number of nitrogens with zero attached hydrogens (tertiary/aromatic N) is 3. The second-order valence-electron chi connectivity index (χ2n) is 14.6. The zero-order valence-corrected chi connectivity index (χ0v) is 27.7. The molecule has 2 aliphatic carbocycles. The molecule has 6 aromatic rings. The number of pyridine rings is 2. The smallest absolute Gasteiger partial charge is 0.399 e. The zero-order chi connectivity index (χ0) is 32.6. The van der Waals surface area contributed by atoms with E-state index in [9.17, 15) is 0 Å². The SMILES string of the molecule is C[C@H]1N=CC=CC2=C1c1ncccc1C21c2cccc3ccc4c(-c5ccc(B6OC(C)(C)C(C)(C)O6)cc5)nc5cccc1c5c4c23. The summed E-state index contributed by atoms with van der Waals surface area (Å²) in [5.74, 6) is 0. The van der Waals surface area contributed by atoms with Crippen molar-refractivity contribution in [3.05, 3.63) is 131 Å². The second-order valence-corrected chi connectivity index (χ2v) is 14.6. The fourth-order valence-corrected chi connectivity index (χ4v) is 8.69. The molecule has 2 aromatic heterocycles. The Morgan fingerprint density at radius 1 is 0.708 bits per heavy atom. The molecule has 0 bridgehead atoms. The van der Waals surface area contributed by atoms with Crippen LogP contribution in [-0.2, 0) is 14.7 Å². The van der Waals surface area contributed by atoms with Gasteiger partial charge in [-0.15, -0.1) is 0 Å². The van der Waals surface area contributed by atoms with Crippen LogP contribution in [0.1, 0.15) is 57.0 Å². The fraction of sp³-hybridized carbons (Fsp3) is 0.214. The van der Waals surface area contributed by atoms with Gasteiger partial charge in [0.25, 0.3) is 0 Å². The molecule has 1 spiro atoms. The summed E-state index contributed by atoms with van der Waals surface area (Å²) in [7, 11) is -0.407.